The standard InChI is InChI=1S/C14H19N3O4/c1-14(2,3)16-13(19)6-7-15-11-5-4-10(9-18)8-12(11)17(20)21/h4-5,8-9,15H,6-7H2,1-3H3,(H,16,19). The van der Waals surface area contributed by atoms with Gasteiger partial charge in [0.1, 0.15) is 12.0 Å². The largest absolute Gasteiger partial charge is 0.379 e. The van der Waals surface area contributed by atoms with E-state index in [1.807, 2.05) is 20.8 Å². The first-order valence-electron chi connectivity index (χ1n) is 6.51. The fraction of sp³-hybridized carbons (Fsp3) is 0.429. The molecule has 1 aromatic carbocycles. The molecule has 0 aromatic heterocycles. The first kappa shape index (κ1) is 16.6. The summed E-state index contributed by atoms with van der Waals surface area (Å²) in [6.07, 6.45) is 0.747. The third-order valence-electron chi connectivity index (χ3n) is 2.54. The number of aldehydes is 1. The van der Waals surface area contributed by atoms with Crippen molar-refractivity contribution in [1.29, 1.82) is 0 Å². The van der Waals surface area contributed by atoms with Crippen molar-refractivity contribution < 1.29 is 14.5 Å². The number of anilines is 1. The Morgan fingerprint density at radius 3 is 2.57 bits per heavy atom. The normalized spacial score (nSPS) is 10.8. The molecule has 114 valence electrons. The van der Waals surface area contributed by atoms with Crippen LogP contribution in [0.2, 0.25) is 0 Å². The number of carbonyl (C=O) groups excluding carboxylic acids is 2. The molecule has 0 aliphatic rings. The monoisotopic (exact) mass is 293 g/mol. The quantitative estimate of drug-likeness (QED) is 0.475. The minimum absolute atomic E-state index is 0.137. The lowest BCUT2D eigenvalue weighted by atomic mass is 10.1. The predicted molar refractivity (Wildman–Crippen MR) is 79.5 cm³/mol. The van der Waals surface area contributed by atoms with Crippen molar-refractivity contribution >= 4 is 23.6 Å². The van der Waals surface area contributed by atoms with Gasteiger partial charge in [0.15, 0.2) is 0 Å². The molecule has 2 N–H and O–H groups in total. The zero-order chi connectivity index (χ0) is 16.0. The zero-order valence-electron chi connectivity index (χ0n) is 12.3. The van der Waals surface area contributed by atoms with Crippen molar-refractivity contribution in [2.45, 2.75) is 32.7 Å². The maximum absolute atomic E-state index is 11.6. The van der Waals surface area contributed by atoms with Crippen LogP contribution in [0, 0.1) is 10.1 Å². The summed E-state index contributed by atoms with van der Waals surface area (Å²) in [4.78, 5) is 32.6. The molecule has 0 saturated carbocycles. The Labute approximate surface area is 122 Å². The molecule has 7 nitrogen and oxygen atoms in total. The van der Waals surface area contributed by atoms with Gasteiger partial charge in [-0.1, -0.05) is 0 Å². The van der Waals surface area contributed by atoms with Crippen LogP contribution in [-0.4, -0.2) is 29.2 Å². The van der Waals surface area contributed by atoms with Crippen LogP contribution >= 0.6 is 0 Å². The van der Waals surface area contributed by atoms with Gasteiger partial charge in [-0.2, -0.15) is 0 Å². The van der Waals surface area contributed by atoms with Crippen LogP contribution in [0.4, 0.5) is 11.4 Å². The summed E-state index contributed by atoms with van der Waals surface area (Å²) < 4.78 is 0. The van der Waals surface area contributed by atoms with Crippen LogP contribution in [0.3, 0.4) is 0 Å². The van der Waals surface area contributed by atoms with E-state index in [9.17, 15) is 19.7 Å². The summed E-state index contributed by atoms with van der Waals surface area (Å²) in [5.74, 6) is -0.137. The van der Waals surface area contributed by atoms with Crippen LogP contribution in [0.1, 0.15) is 37.6 Å². The highest BCUT2D eigenvalue weighted by Crippen LogP contribution is 2.24. The van der Waals surface area contributed by atoms with Gasteiger partial charge in [0.25, 0.3) is 5.69 Å². The SMILES string of the molecule is CC(C)(C)NC(=O)CCNc1ccc(C=O)cc1[N+](=O)[O-]. The number of amides is 1. The molecule has 0 aliphatic carbocycles. The number of hydrogen-bond donors (Lipinski definition) is 2. The fourth-order valence-electron chi connectivity index (χ4n) is 1.71. The number of rotatable bonds is 6. The van der Waals surface area contributed by atoms with Crippen LogP contribution in [0.5, 0.6) is 0 Å². The molecule has 1 amide bonds. The second kappa shape index (κ2) is 6.83. The van der Waals surface area contributed by atoms with Gasteiger partial charge in [-0.15, -0.1) is 0 Å². The Morgan fingerprint density at radius 1 is 1.38 bits per heavy atom. The van der Waals surface area contributed by atoms with E-state index in [0.29, 0.717) is 6.29 Å². The predicted octanol–water partition coefficient (Wildman–Crippen LogP) is 2.12. The number of nitrogens with one attached hydrogen (secondary N) is 2. The van der Waals surface area contributed by atoms with E-state index in [1.165, 1.54) is 18.2 Å². The highest BCUT2D eigenvalue weighted by Gasteiger charge is 2.16. The van der Waals surface area contributed by atoms with Gasteiger partial charge in [-0.05, 0) is 32.9 Å². The average Bonchev–Trinajstić information content (AvgIpc) is 2.36. The molecule has 0 aliphatic heterocycles. The summed E-state index contributed by atoms with van der Waals surface area (Å²) in [7, 11) is 0. The lowest BCUT2D eigenvalue weighted by molar-refractivity contribution is -0.384. The topological polar surface area (TPSA) is 101 Å². The van der Waals surface area contributed by atoms with Crippen LogP contribution in [0.15, 0.2) is 18.2 Å². The molecule has 0 atom stereocenters. The first-order valence-corrected chi connectivity index (χ1v) is 6.51. The number of benzene rings is 1. The molecule has 7 heteroatoms. The second-order valence-corrected chi connectivity index (χ2v) is 5.63. The summed E-state index contributed by atoms with van der Waals surface area (Å²) >= 11 is 0. The van der Waals surface area contributed by atoms with Crippen LogP contribution in [-0.2, 0) is 4.79 Å². The van der Waals surface area contributed by atoms with E-state index < -0.39 is 4.92 Å². The van der Waals surface area contributed by atoms with Gasteiger partial charge < -0.3 is 10.6 Å². The molecule has 0 spiro atoms. The third kappa shape index (κ3) is 5.60. The molecule has 0 heterocycles. The van der Waals surface area contributed by atoms with E-state index >= 15 is 0 Å². The third-order valence-corrected chi connectivity index (χ3v) is 2.54. The van der Waals surface area contributed by atoms with Gasteiger partial charge in [-0.25, -0.2) is 0 Å². The summed E-state index contributed by atoms with van der Waals surface area (Å²) in [6.45, 7) is 5.90. The molecule has 1 rings (SSSR count). The Hall–Kier alpha value is -2.44. The van der Waals surface area contributed by atoms with Crippen molar-refractivity contribution in [3.8, 4) is 0 Å². The summed E-state index contributed by atoms with van der Waals surface area (Å²) in [5, 5.41) is 16.6. The van der Waals surface area contributed by atoms with Crippen molar-refractivity contribution in [1.82, 2.24) is 5.32 Å². The van der Waals surface area contributed by atoms with E-state index in [-0.39, 0.29) is 41.3 Å². The Kier molecular flexibility index (Phi) is 5.40. The van der Waals surface area contributed by atoms with E-state index in [1.54, 1.807) is 0 Å². The van der Waals surface area contributed by atoms with Crippen LogP contribution in [0.25, 0.3) is 0 Å². The molecule has 0 bridgehead atoms. The van der Waals surface area contributed by atoms with Crippen molar-refractivity contribution in [3.05, 3.63) is 33.9 Å². The molecular formula is C14H19N3O4. The number of nitro benzene ring substituents is 1. The van der Waals surface area contributed by atoms with Crippen molar-refractivity contribution in [2.24, 2.45) is 0 Å². The number of nitrogens with zero attached hydrogens (tertiary/aromatic N) is 1. The van der Waals surface area contributed by atoms with Gasteiger partial charge in [0.2, 0.25) is 5.91 Å². The molecule has 0 fully saturated rings. The fourth-order valence-corrected chi connectivity index (χ4v) is 1.71. The molecular weight excluding hydrogens is 274 g/mol. The number of carbonyl (C=O) groups is 2. The molecule has 21 heavy (non-hydrogen) atoms. The summed E-state index contributed by atoms with van der Waals surface area (Å²) in [5.41, 5.74) is 0.0250. The second-order valence-electron chi connectivity index (χ2n) is 5.63. The Balaban J connectivity index is 2.65. The Bertz CT molecular complexity index is 550. The van der Waals surface area contributed by atoms with E-state index in [0.717, 1.165) is 0 Å². The lowest BCUT2D eigenvalue weighted by Crippen LogP contribution is -2.41. The molecule has 0 radical (unpaired) electrons. The maximum atomic E-state index is 11.6. The highest BCUT2D eigenvalue weighted by atomic mass is 16.6. The molecule has 0 saturated heterocycles. The van der Waals surface area contributed by atoms with Crippen LogP contribution < -0.4 is 10.6 Å². The van der Waals surface area contributed by atoms with Gasteiger partial charge in [0.05, 0.1) is 4.92 Å². The maximum Gasteiger partial charge on any atom is 0.293 e. The number of nitro groups is 1. The van der Waals surface area contributed by atoms with Gasteiger partial charge in [-0.3, -0.25) is 19.7 Å². The van der Waals surface area contributed by atoms with Gasteiger partial charge in [0, 0.05) is 30.1 Å². The van der Waals surface area contributed by atoms with E-state index in [4.69, 9.17) is 0 Å². The average molecular weight is 293 g/mol. The highest BCUT2D eigenvalue weighted by molar-refractivity contribution is 5.80. The minimum atomic E-state index is -0.565. The number of hydrogen-bond acceptors (Lipinski definition) is 5. The van der Waals surface area contributed by atoms with Gasteiger partial charge >= 0.3 is 0 Å². The van der Waals surface area contributed by atoms with E-state index in [2.05, 4.69) is 10.6 Å². The molecule has 0 unspecified atom stereocenters. The first-order chi connectivity index (χ1) is 9.73. The van der Waals surface area contributed by atoms with Crippen molar-refractivity contribution in [2.75, 3.05) is 11.9 Å². The minimum Gasteiger partial charge on any atom is -0.379 e. The Morgan fingerprint density at radius 2 is 2.05 bits per heavy atom. The zero-order valence-corrected chi connectivity index (χ0v) is 12.3. The molecule has 1 aromatic rings. The summed E-state index contributed by atoms with van der Waals surface area (Å²) in [6, 6.07) is 4.14. The van der Waals surface area contributed by atoms with Crippen molar-refractivity contribution in [3.63, 3.8) is 0 Å². The smallest absolute Gasteiger partial charge is 0.293 e. The lowest BCUT2D eigenvalue weighted by Gasteiger charge is -2.20.